The molecule has 3 atom stereocenters. The van der Waals surface area contributed by atoms with Crippen LogP contribution in [-0.2, 0) is 20.9 Å². The van der Waals surface area contributed by atoms with E-state index in [4.69, 9.17) is 14.6 Å². The lowest BCUT2D eigenvalue weighted by Gasteiger charge is -2.23. The van der Waals surface area contributed by atoms with E-state index < -0.39 is 5.97 Å². The molecule has 0 saturated carbocycles. The number of ether oxygens (including phenoxy) is 2. The lowest BCUT2D eigenvalue weighted by atomic mass is 9.90. The van der Waals surface area contributed by atoms with Crippen molar-refractivity contribution in [1.29, 1.82) is 0 Å². The zero-order valence-corrected chi connectivity index (χ0v) is 19.3. The topological polar surface area (TPSA) is 68.7 Å². The molecule has 0 unspecified atom stereocenters. The lowest BCUT2D eigenvalue weighted by Crippen LogP contribution is -2.23. The normalized spacial score (nSPS) is 20.1. The second-order valence-corrected chi connectivity index (χ2v) is 8.60. The van der Waals surface area contributed by atoms with E-state index in [9.17, 15) is 4.79 Å². The third kappa shape index (κ3) is 6.62. The highest BCUT2D eigenvalue weighted by Gasteiger charge is 2.38. The summed E-state index contributed by atoms with van der Waals surface area (Å²) < 4.78 is 12.5. The molecule has 3 aromatic rings. The van der Waals surface area contributed by atoms with Gasteiger partial charge in [0, 0.05) is 24.7 Å². The zero-order chi connectivity index (χ0) is 23.6. The number of hydrogen-bond acceptors (Lipinski definition) is 4. The van der Waals surface area contributed by atoms with Crippen LogP contribution < -0.4 is 0 Å². The summed E-state index contributed by atoms with van der Waals surface area (Å²) in [6.45, 7) is 1.09. The van der Waals surface area contributed by atoms with Crippen molar-refractivity contribution < 1.29 is 19.4 Å². The number of rotatable bonds is 11. The van der Waals surface area contributed by atoms with Gasteiger partial charge in [-0.15, -0.1) is 0 Å². The van der Waals surface area contributed by atoms with Crippen LogP contribution in [0.5, 0.6) is 0 Å². The van der Waals surface area contributed by atoms with Crippen LogP contribution in [0.1, 0.15) is 42.9 Å². The van der Waals surface area contributed by atoms with Crippen LogP contribution >= 0.6 is 0 Å². The maximum atomic E-state index is 10.7. The highest BCUT2D eigenvalue weighted by molar-refractivity contribution is 5.66. The minimum atomic E-state index is -0.768. The fourth-order valence-corrected chi connectivity index (χ4v) is 4.40. The highest BCUT2D eigenvalue weighted by Crippen LogP contribution is 2.39. The van der Waals surface area contributed by atoms with Gasteiger partial charge in [0.25, 0.3) is 0 Å². The molecule has 0 amide bonds. The first kappa shape index (κ1) is 23.9. The van der Waals surface area contributed by atoms with Crippen molar-refractivity contribution in [3.8, 4) is 11.1 Å². The molecule has 34 heavy (non-hydrogen) atoms. The molecular formula is C29H31NO4. The molecule has 0 spiro atoms. The standard InChI is InChI=1S/C29H31NO4/c31-28(32)13-7-2-1-6-12-26-27(21-34-29(26)25-11-8-18-30-19-25)33-20-22-14-16-24(17-15-22)23-9-4-3-5-10-23/h1-5,8-11,14-19,26-27,29H,6-7,12-13,20-21H2,(H,31,32)/b2-1-/t26-,27+,29+/m0/s1. The Morgan fingerprint density at radius 2 is 1.76 bits per heavy atom. The number of allylic oxidation sites excluding steroid dienone is 2. The van der Waals surface area contributed by atoms with Gasteiger partial charge in [0.2, 0.25) is 0 Å². The third-order valence-corrected chi connectivity index (χ3v) is 6.20. The van der Waals surface area contributed by atoms with Gasteiger partial charge in [0.15, 0.2) is 0 Å². The van der Waals surface area contributed by atoms with Gasteiger partial charge >= 0.3 is 5.97 Å². The quantitative estimate of drug-likeness (QED) is 0.346. The number of carbonyl (C=O) groups is 1. The molecule has 176 valence electrons. The summed E-state index contributed by atoms with van der Waals surface area (Å²) in [6, 6.07) is 22.8. The molecular weight excluding hydrogens is 426 g/mol. The van der Waals surface area contributed by atoms with Gasteiger partial charge in [0.05, 0.1) is 25.4 Å². The molecule has 2 heterocycles. The van der Waals surface area contributed by atoms with Crippen LogP contribution in [0.4, 0.5) is 0 Å². The molecule has 5 heteroatoms. The Balaban J connectivity index is 1.37. The second-order valence-electron chi connectivity index (χ2n) is 8.60. The Morgan fingerprint density at radius 1 is 1.00 bits per heavy atom. The van der Waals surface area contributed by atoms with Crippen molar-refractivity contribution in [3.63, 3.8) is 0 Å². The maximum Gasteiger partial charge on any atom is 0.303 e. The Hall–Kier alpha value is -3.28. The van der Waals surface area contributed by atoms with Crippen LogP contribution in [0, 0.1) is 5.92 Å². The predicted molar refractivity (Wildman–Crippen MR) is 132 cm³/mol. The summed E-state index contributed by atoms with van der Waals surface area (Å²) in [5.74, 6) is -0.562. The number of carboxylic acid groups (broad SMARTS) is 1. The molecule has 0 radical (unpaired) electrons. The number of hydrogen-bond donors (Lipinski definition) is 1. The summed E-state index contributed by atoms with van der Waals surface area (Å²) in [7, 11) is 0. The third-order valence-electron chi connectivity index (χ3n) is 6.20. The van der Waals surface area contributed by atoms with Crippen molar-refractivity contribution in [1.82, 2.24) is 4.98 Å². The van der Waals surface area contributed by atoms with Gasteiger partial charge in [-0.05, 0) is 47.6 Å². The van der Waals surface area contributed by atoms with Gasteiger partial charge < -0.3 is 14.6 Å². The van der Waals surface area contributed by atoms with E-state index in [1.54, 1.807) is 6.20 Å². The number of pyridine rings is 1. The summed E-state index contributed by atoms with van der Waals surface area (Å²) in [5.41, 5.74) is 4.60. The maximum absolute atomic E-state index is 10.7. The fraction of sp³-hybridized carbons (Fsp3) is 0.310. The Bertz CT molecular complexity index is 1050. The van der Waals surface area contributed by atoms with Crippen LogP contribution in [-0.4, -0.2) is 28.8 Å². The molecule has 2 aromatic carbocycles. The fourth-order valence-electron chi connectivity index (χ4n) is 4.40. The van der Waals surface area contributed by atoms with E-state index in [-0.39, 0.29) is 24.5 Å². The van der Waals surface area contributed by atoms with Crippen molar-refractivity contribution in [2.24, 2.45) is 5.92 Å². The molecule has 0 bridgehead atoms. The molecule has 1 aromatic heterocycles. The minimum absolute atomic E-state index is 0.00794. The van der Waals surface area contributed by atoms with Crippen molar-refractivity contribution in [3.05, 3.63) is 102 Å². The monoisotopic (exact) mass is 457 g/mol. The largest absolute Gasteiger partial charge is 0.481 e. The predicted octanol–water partition coefficient (Wildman–Crippen LogP) is 6.22. The first-order chi connectivity index (χ1) is 16.7. The molecule has 1 fully saturated rings. The number of benzene rings is 2. The van der Waals surface area contributed by atoms with E-state index in [0.29, 0.717) is 19.6 Å². The van der Waals surface area contributed by atoms with Crippen LogP contribution in [0.25, 0.3) is 11.1 Å². The Labute approximate surface area is 201 Å². The highest BCUT2D eigenvalue weighted by atomic mass is 16.6. The number of nitrogens with zero attached hydrogens (tertiary/aromatic N) is 1. The summed E-state index contributed by atoms with van der Waals surface area (Å²) in [4.78, 5) is 15.0. The average molecular weight is 458 g/mol. The van der Waals surface area contributed by atoms with Gasteiger partial charge in [-0.3, -0.25) is 9.78 Å². The van der Waals surface area contributed by atoms with Crippen LogP contribution in [0.2, 0.25) is 0 Å². The number of aliphatic carboxylic acids is 1. The van der Waals surface area contributed by atoms with Crippen LogP contribution in [0.15, 0.2) is 91.3 Å². The van der Waals surface area contributed by atoms with Gasteiger partial charge in [-0.25, -0.2) is 0 Å². The molecule has 1 saturated heterocycles. The molecule has 0 aliphatic carbocycles. The van der Waals surface area contributed by atoms with E-state index in [0.717, 1.165) is 24.0 Å². The average Bonchev–Trinajstić information content (AvgIpc) is 3.28. The summed E-state index contributed by atoms with van der Waals surface area (Å²) in [6.07, 6.45) is 10.1. The van der Waals surface area contributed by atoms with Gasteiger partial charge in [-0.2, -0.15) is 0 Å². The van der Waals surface area contributed by atoms with E-state index in [2.05, 4.69) is 53.5 Å². The van der Waals surface area contributed by atoms with E-state index in [1.165, 1.54) is 11.1 Å². The zero-order valence-electron chi connectivity index (χ0n) is 19.3. The van der Waals surface area contributed by atoms with Crippen molar-refractivity contribution >= 4 is 5.97 Å². The van der Waals surface area contributed by atoms with Gasteiger partial charge in [-0.1, -0.05) is 72.8 Å². The second kappa shape index (κ2) is 12.3. The minimum Gasteiger partial charge on any atom is -0.481 e. The lowest BCUT2D eigenvalue weighted by molar-refractivity contribution is -0.136. The van der Waals surface area contributed by atoms with Crippen molar-refractivity contribution in [2.45, 2.75) is 44.5 Å². The number of carboxylic acids is 1. The molecule has 1 aliphatic rings. The van der Waals surface area contributed by atoms with Crippen molar-refractivity contribution in [2.75, 3.05) is 6.61 Å². The van der Waals surface area contributed by atoms with E-state index in [1.807, 2.05) is 36.5 Å². The SMILES string of the molecule is O=C(O)CC/C=C\CC[C@@H]1[C@@H](c2cccnc2)OC[C@H]1OCc1ccc(-c2ccccc2)cc1. The van der Waals surface area contributed by atoms with E-state index >= 15 is 0 Å². The molecule has 4 rings (SSSR count). The summed E-state index contributed by atoms with van der Waals surface area (Å²) >= 11 is 0. The molecule has 1 aliphatic heterocycles. The summed E-state index contributed by atoms with van der Waals surface area (Å²) in [5, 5.41) is 8.79. The molecule has 1 N–H and O–H groups in total. The Kier molecular flexibility index (Phi) is 8.60. The molecule has 5 nitrogen and oxygen atoms in total. The Morgan fingerprint density at radius 3 is 2.50 bits per heavy atom. The first-order valence-electron chi connectivity index (χ1n) is 11.8. The van der Waals surface area contributed by atoms with Crippen LogP contribution in [0.3, 0.4) is 0 Å². The number of aromatic nitrogens is 1. The van der Waals surface area contributed by atoms with Gasteiger partial charge in [0.1, 0.15) is 0 Å². The smallest absolute Gasteiger partial charge is 0.303 e. The first-order valence-corrected chi connectivity index (χ1v) is 11.8.